The van der Waals surface area contributed by atoms with Gasteiger partial charge in [0, 0.05) is 17.3 Å². The summed E-state index contributed by atoms with van der Waals surface area (Å²) in [6, 6.07) is 17.3. The second-order valence-electron chi connectivity index (χ2n) is 4.79. The Kier molecular flexibility index (Phi) is 4.25. The van der Waals surface area contributed by atoms with Crippen LogP contribution in [0.2, 0.25) is 0 Å². The number of amides is 1. The summed E-state index contributed by atoms with van der Waals surface area (Å²) in [5.74, 6) is 0.173. The maximum Gasteiger partial charge on any atom is 0.258 e. The second kappa shape index (κ2) is 6.67. The molecule has 1 amide bonds. The standard InChI is InChI=1S/C17H15N3O2/c21-16(18-10-13-6-2-1-3-7-13)12-22-17-15-9-5-4-8-14(15)11-19-20-17/h1-9,11H,10,12H2,(H,18,21). The van der Waals surface area contributed by atoms with E-state index in [2.05, 4.69) is 15.5 Å². The van der Waals surface area contributed by atoms with E-state index in [4.69, 9.17) is 4.74 Å². The number of nitrogens with zero attached hydrogens (tertiary/aromatic N) is 2. The van der Waals surface area contributed by atoms with Crippen LogP contribution < -0.4 is 10.1 Å². The fourth-order valence-corrected chi connectivity index (χ4v) is 2.09. The van der Waals surface area contributed by atoms with Crippen LogP contribution in [-0.4, -0.2) is 22.7 Å². The summed E-state index contributed by atoms with van der Waals surface area (Å²) in [4.78, 5) is 11.8. The first-order valence-corrected chi connectivity index (χ1v) is 6.97. The molecule has 0 bridgehead atoms. The molecule has 5 nitrogen and oxygen atoms in total. The molecule has 0 atom stereocenters. The number of hydrogen-bond acceptors (Lipinski definition) is 4. The lowest BCUT2D eigenvalue weighted by Gasteiger charge is -2.08. The lowest BCUT2D eigenvalue weighted by Crippen LogP contribution is -2.28. The molecule has 0 radical (unpaired) electrons. The van der Waals surface area contributed by atoms with Crippen molar-refractivity contribution in [2.45, 2.75) is 6.54 Å². The molecule has 0 aliphatic carbocycles. The highest BCUT2D eigenvalue weighted by atomic mass is 16.5. The fourth-order valence-electron chi connectivity index (χ4n) is 2.09. The van der Waals surface area contributed by atoms with Crippen LogP contribution in [0.25, 0.3) is 10.8 Å². The van der Waals surface area contributed by atoms with E-state index in [0.717, 1.165) is 16.3 Å². The molecule has 3 aromatic rings. The highest BCUT2D eigenvalue weighted by Crippen LogP contribution is 2.20. The minimum Gasteiger partial charge on any atom is -0.466 e. The molecule has 22 heavy (non-hydrogen) atoms. The van der Waals surface area contributed by atoms with E-state index in [9.17, 15) is 4.79 Å². The van der Waals surface area contributed by atoms with Crippen molar-refractivity contribution in [2.24, 2.45) is 0 Å². The Morgan fingerprint density at radius 2 is 1.82 bits per heavy atom. The first-order valence-electron chi connectivity index (χ1n) is 6.97. The smallest absolute Gasteiger partial charge is 0.258 e. The Balaban J connectivity index is 1.58. The first kappa shape index (κ1) is 14.0. The number of ether oxygens (including phenoxy) is 1. The van der Waals surface area contributed by atoms with Gasteiger partial charge in [-0.3, -0.25) is 4.79 Å². The molecule has 1 aromatic heterocycles. The zero-order valence-corrected chi connectivity index (χ0v) is 11.9. The quantitative estimate of drug-likeness (QED) is 0.784. The Morgan fingerprint density at radius 1 is 1.05 bits per heavy atom. The normalized spacial score (nSPS) is 10.4. The van der Waals surface area contributed by atoms with Gasteiger partial charge in [0.15, 0.2) is 6.61 Å². The Labute approximate surface area is 127 Å². The summed E-state index contributed by atoms with van der Waals surface area (Å²) in [5.41, 5.74) is 1.04. The minimum atomic E-state index is -0.196. The fraction of sp³-hybridized carbons (Fsp3) is 0.118. The molecule has 0 unspecified atom stereocenters. The summed E-state index contributed by atoms with van der Waals surface area (Å²) in [6.07, 6.45) is 1.66. The summed E-state index contributed by atoms with van der Waals surface area (Å²) >= 11 is 0. The number of hydrogen-bond donors (Lipinski definition) is 1. The van der Waals surface area contributed by atoms with Crippen LogP contribution in [0.15, 0.2) is 60.8 Å². The molecule has 0 fully saturated rings. The van der Waals surface area contributed by atoms with E-state index >= 15 is 0 Å². The lowest BCUT2D eigenvalue weighted by molar-refractivity contribution is -0.123. The van der Waals surface area contributed by atoms with E-state index in [1.807, 2.05) is 54.6 Å². The van der Waals surface area contributed by atoms with Crippen LogP contribution in [0.4, 0.5) is 0 Å². The van der Waals surface area contributed by atoms with Crippen LogP contribution in [0.5, 0.6) is 5.88 Å². The lowest BCUT2D eigenvalue weighted by atomic mass is 10.2. The third-order valence-corrected chi connectivity index (χ3v) is 3.21. The van der Waals surface area contributed by atoms with Gasteiger partial charge in [-0.05, 0) is 11.6 Å². The summed E-state index contributed by atoms with van der Waals surface area (Å²) in [5, 5.41) is 12.4. The number of carbonyl (C=O) groups is 1. The van der Waals surface area contributed by atoms with Crippen molar-refractivity contribution < 1.29 is 9.53 Å². The topological polar surface area (TPSA) is 64.1 Å². The predicted octanol–water partition coefficient (Wildman–Crippen LogP) is 2.33. The zero-order valence-electron chi connectivity index (χ0n) is 11.9. The van der Waals surface area contributed by atoms with Gasteiger partial charge in [-0.15, -0.1) is 5.10 Å². The molecule has 0 aliphatic rings. The monoisotopic (exact) mass is 293 g/mol. The van der Waals surface area contributed by atoms with Gasteiger partial charge in [-0.1, -0.05) is 48.5 Å². The largest absolute Gasteiger partial charge is 0.466 e. The number of carbonyl (C=O) groups excluding carboxylic acids is 1. The average Bonchev–Trinajstić information content (AvgIpc) is 2.59. The van der Waals surface area contributed by atoms with E-state index in [0.29, 0.717) is 12.4 Å². The van der Waals surface area contributed by atoms with Gasteiger partial charge in [0.1, 0.15) is 0 Å². The molecular weight excluding hydrogens is 278 g/mol. The summed E-state index contributed by atoms with van der Waals surface area (Å²) in [6.45, 7) is 0.389. The Bertz CT molecular complexity index is 770. The number of aromatic nitrogens is 2. The van der Waals surface area contributed by atoms with Crippen molar-refractivity contribution in [1.82, 2.24) is 15.5 Å². The first-order chi connectivity index (χ1) is 10.8. The molecule has 0 saturated carbocycles. The third kappa shape index (κ3) is 3.38. The SMILES string of the molecule is O=C(COc1nncc2ccccc12)NCc1ccccc1. The molecule has 0 spiro atoms. The van der Waals surface area contributed by atoms with E-state index in [1.165, 1.54) is 0 Å². The van der Waals surface area contributed by atoms with Gasteiger partial charge < -0.3 is 10.1 Å². The second-order valence-corrected chi connectivity index (χ2v) is 4.79. The maximum absolute atomic E-state index is 11.8. The van der Waals surface area contributed by atoms with Crippen LogP contribution in [0.1, 0.15) is 5.56 Å². The average molecular weight is 293 g/mol. The molecule has 1 N–H and O–H groups in total. The maximum atomic E-state index is 11.8. The molecule has 2 aromatic carbocycles. The van der Waals surface area contributed by atoms with Crippen molar-refractivity contribution in [3.05, 3.63) is 66.4 Å². The third-order valence-electron chi connectivity index (χ3n) is 3.21. The number of benzene rings is 2. The van der Waals surface area contributed by atoms with Gasteiger partial charge in [-0.25, -0.2) is 0 Å². The number of nitrogens with one attached hydrogen (secondary N) is 1. The van der Waals surface area contributed by atoms with Crippen LogP contribution in [0, 0.1) is 0 Å². The van der Waals surface area contributed by atoms with Crippen molar-refractivity contribution in [1.29, 1.82) is 0 Å². The van der Waals surface area contributed by atoms with Crippen molar-refractivity contribution >= 4 is 16.7 Å². The highest BCUT2D eigenvalue weighted by Gasteiger charge is 2.07. The van der Waals surface area contributed by atoms with Crippen LogP contribution in [0.3, 0.4) is 0 Å². The van der Waals surface area contributed by atoms with Crippen LogP contribution >= 0.6 is 0 Å². The summed E-state index contributed by atoms with van der Waals surface area (Å²) < 4.78 is 5.48. The number of rotatable bonds is 5. The van der Waals surface area contributed by atoms with Crippen LogP contribution in [-0.2, 0) is 11.3 Å². The van der Waals surface area contributed by atoms with E-state index < -0.39 is 0 Å². The summed E-state index contributed by atoms with van der Waals surface area (Å²) in [7, 11) is 0. The molecule has 1 heterocycles. The molecule has 3 rings (SSSR count). The molecule has 0 saturated heterocycles. The molecule has 0 aliphatic heterocycles. The van der Waals surface area contributed by atoms with E-state index in [1.54, 1.807) is 6.20 Å². The molecular formula is C17H15N3O2. The highest BCUT2D eigenvalue weighted by molar-refractivity contribution is 5.86. The van der Waals surface area contributed by atoms with Crippen molar-refractivity contribution in [2.75, 3.05) is 6.61 Å². The predicted molar refractivity (Wildman–Crippen MR) is 83.3 cm³/mol. The van der Waals surface area contributed by atoms with Gasteiger partial charge in [0.05, 0.1) is 6.20 Å². The molecule has 5 heteroatoms. The van der Waals surface area contributed by atoms with Gasteiger partial charge in [0.2, 0.25) is 5.88 Å². The zero-order chi connectivity index (χ0) is 15.2. The Hall–Kier alpha value is -2.95. The van der Waals surface area contributed by atoms with Gasteiger partial charge in [-0.2, -0.15) is 5.10 Å². The van der Waals surface area contributed by atoms with Gasteiger partial charge in [0.25, 0.3) is 5.91 Å². The Morgan fingerprint density at radius 3 is 2.68 bits per heavy atom. The minimum absolute atomic E-state index is 0.0878. The van der Waals surface area contributed by atoms with Gasteiger partial charge >= 0.3 is 0 Å². The van der Waals surface area contributed by atoms with Crippen molar-refractivity contribution in [3.63, 3.8) is 0 Å². The van der Waals surface area contributed by atoms with Crippen molar-refractivity contribution in [3.8, 4) is 5.88 Å². The van der Waals surface area contributed by atoms with E-state index in [-0.39, 0.29) is 12.5 Å². The number of fused-ring (bicyclic) bond motifs is 1. The molecule has 110 valence electrons.